The lowest BCUT2D eigenvalue weighted by molar-refractivity contribution is -0.119. The number of H-pyrrole nitrogens is 1. The van der Waals surface area contributed by atoms with Crippen LogP contribution in [0.2, 0.25) is 0 Å². The third kappa shape index (κ3) is 2.96. The third-order valence-corrected chi connectivity index (χ3v) is 2.28. The molecule has 0 saturated carbocycles. The van der Waals surface area contributed by atoms with Gasteiger partial charge in [0.05, 0.1) is 13.4 Å². The normalized spacial score (nSPS) is 12.2. The maximum atomic E-state index is 11.4. The van der Waals surface area contributed by atoms with Crippen LogP contribution in [0.4, 0.5) is 5.82 Å². The van der Waals surface area contributed by atoms with Crippen LogP contribution in [-0.2, 0) is 4.79 Å². The summed E-state index contributed by atoms with van der Waals surface area (Å²) in [5.41, 5.74) is 4.84. The zero-order valence-electron chi connectivity index (χ0n) is 9.98. The lowest BCUT2D eigenvalue weighted by atomic mass is 10.0. The number of carbonyl (C=O) groups excluding carboxylic acids is 1. The minimum atomic E-state index is -0.613. The molecule has 0 radical (unpaired) electrons. The Morgan fingerprint density at radius 3 is 2.71 bits per heavy atom. The number of nitrogens with zero attached hydrogens (tertiary/aromatic N) is 1. The van der Waals surface area contributed by atoms with Crippen LogP contribution in [0.1, 0.15) is 13.8 Å². The molecule has 0 bridgehead atoms. The van der Waals surface area contributed by atoms with Gasteiger partial charge >= 0.3 is 0 Å². The first-order chi connectivity index (χ1) is 7.97. The van der Waals surface area contributed by atoms with E-state index in [0.717, 1.165) is 0 Å². The zero-order chi connectivity index (χ0) is 13.0. The van der Waals surface area contributed by atoms with Crippen molar-refractivity contribution in [3.05, 3.63) is 16.7 Å². The van der Waals surface area contributed by atoms with Gasteiger partial charge in [0.1, 0.15) is 6.04 Å². The Morgan fingerprint density at radius 2 is 2.24 bits per heavy atom. The molecule has 1 unspecified atom stereocenters. The van der Waals surface area contributed by atoms with Crippen molar-refractivity contribution in [1.29, 1.82) is 0 Å². The van der Waals surface area contributed by atoms with Crippen LogP contribution in [0.25, 0.3) is 0 Å². The van der Waals surface area contributed by atoms with Crippen molar-refractivity contribution in [2.75, 3.05) is 12.4 Å². The Morgan fingerprint density at radius 1 is 1.59 bits per heavy atom. The number of hydrogen-bond acceptors (Lipinski definition) is 5. The predicted octanol–water partition coefficient (Wildman–Crippen LogP) is -0.300. The van der Waals surface area contributed by atoms with Gasteiger partial charge in [-0.05, 0) is 5.92 Å². The van der Waals surface area contributed by atoms with Crippen molar-refractivity contribution in [1.82, 2.24) is 9.97 Å². The molecule has 1 amide bonds. The summed E-state index contributed by atoms with van der Waals surface area (Å²) in [7, 11) is 1.35. The molecular formula is C10H16N4O3. The highest BCUT2D eigenvalue weighted by Gasteiger charge is 2.22. The topological polar surface area (TPSA) is 110 Å². The van der Waals surface area contributed by atoms with Crippen molar-refractivity contribution < 1.29 is 9.53 Å². The minimum absolute atomic E-state index is 0.0272. The summed E-state index contributed by atoms with van der Waals surface area (Å²) in [6.07, 6.45) is 1.23. The van der Waals surface area contributed by atoms with Gasteiger partial charge in [0.2, 0.25) is 11.7 Å². The van der Waals surface area contributed by atoms with Crippen molar-refractivity contribution in [3.63, 3.8) is 0 Å². The van der Waals surface area contributed by atoms with E-state index in [4.69, 9.17) is 10.5 Å². The molecule has 1 atom stereocenters. The van der Waals surface area contributed by atoms with Crippen LogP contribution in [0.15, 0.2) is 11.1 Å². The van der Waals surface area contributed by atoms with Crippen LogP contribution < -0.4 is 21.3 Å². The number of rotatable bonds is 5. The molecule has 0 aliphatic carbocycles. The van der Waals surface area contributed by atoms with Gasteiger partial charge in [-0.2, -0.15) is 0 Å². The highest BCUT2D eigenvalue weighted by molar-refractivity contribution is 5.83. The van der Waals surface area contributed by atoms with Crippen molar-refractivity contribution in [3.8, 4) is 5.75 Å². The average molecular weight is 240 g/mol. The summed E-state index contributed by atoms with van der Waals surface area (Å²) in [5, 5.41) is 2.81. The number of aromatic amines is 1. The van der Waals surface area contributed by atoms with Gasteiger partial charge in [-0.25, -0.2) is 4.98 Å². The monoisotopic (exact) mass is 240 g/mol. The minimum Gasteiger partial charge on any atom is -0.489 e. The predicted molar refractivity (Wildman–Crippen MR) is 62.9 cm³/mol. The van der Waals surface area contributed by atoms with Crippen molar-refractivity contribution in [2.45, 2.75) is 19.9 Å². The summed E-state index contributed by atoms with van der Waals surface area (Å²) < 4.78 is 4.92. The average Bonchev–Trinajstić information content (AvgIpc) is 2.25. The van der Waals surface area contributed by atoms with E-state index >= 15 is 0 Å². The first-order valence-corrected chi connectivity index (χ1v) is 5.15. The second kappa shape index (κ2) is 5.33. The van der Waals surface area contributed by atoms with E-state index in [1.807, 2.05) is 13.8 Å². The van der Waals surface area contributed by atoms with Gasteiger partial charge in [0.15, 0.2) is 5.82 Å². The van der Waals surface area contributed by atoms with Crippen LogP contribution in [0, 0.1) is 5.92 Å². The van der Waals surface area contributed by atoms with Crippen LogP contribution in [0.3, 0.4) is 0 Å². The number of amides is 1. The fourth-order valence-electron chi connectivity index (χ4n) is 1.39. The summed E-state index contributed by atoms with van der Waals surface area (Å²) >= 11 is 0. The second-order valence-electron chi connectivity index (χ2n) is 3.88. The molecule has 0 aliphatic heterocycles. The Labute approximate surface area is 98.4 Å². The molecule has 1 aromatic rings. The molecule has 0 fully saturated rings. The van der Waals surface area contributed by atoms with E-state index in [-0.39, 0.29) is 17.5 Å². The molecule has 0 aliphatic rings. The summed E-state index contributed by atoms with van der Waals surface area (Å²) in [6.45, 7) is 3.67. The van der Waals surface area contributed by atoms with Crippen molar-refractivity contribution >= 4 is 11.7 Å². The van der Waals surface area contributed by atoms with E-state index in [1.165, 1.54) is 13.4 Å². The number of carbonyl (C=O) groups is 1. The summed E-state index contributed by atoms with van der Waals surface area (Å²) in [5.74, 6) is -0.310. The standard InChI is InChI=1S/C10H16N4O3/c1-5(2)6(8(11)15)14-9-7(17-3)10(16)13-4-12-9/h4-6H,1-3H3,(H2,11,15)(H2,12,13,14,16). The number of nitrogens with two attached hydrogens (primary N) is 1. The van der Waals surface area contributed by atoms with E-state index in [2.05, 4.69) is 15.3 Å². The highest BCUT2D eigenvalue weighted by atomic mass is 16.5. The maximum absolute atomic E-state index is 11.4. The van der Waals surface area contributed by atoms with E-state index < -0.39 is 17.5 Å². The van der Waals surface area contributed by atoms with Gasteiger partial charge in [0, 0.05) is 0 Å². The zero-order valence-corrected chi connectivity index (χ0v) is 9.98. The molecule has 1 heterocycles. The number of ether oxygens (including phenoxy) is 1. The Bertz CT molecular complexity index is 455. The fraction of sp³-hybridized carbons (Fsp3) is 0.500. The number of methoxy groups -OCH3 is 1. The largest absolute Gasteiger partial charge is 0.489 e. The lowest BCUT2D eigenvalue weighted by Gasteiger charge is -2.20. The summed E-state index contributed by atoms with van der Waals surface area (Å²) in [4.78, 5) is 28.9. The van der Waals surface area contributed by atoms with E-state index in [1.54, 1.807) is 0 Å². The Kier molecular flexibility index (Phi) is 4.08. The van der Waals surface area contributed by atoms with Crippen LogP contribution >= 0.6 is 0 Å². The number of aromatic nitrogens is 2. The quantitative estimate of drug-likeness (QED) is 0.654. The second-order valence-corrected chi connectivity index (χ2v) is 3.88. The van der Waals surface area contributed by atoms with Crippen LogP contribution in [0.5, 0.6) is 5.75 Å². The Hall–Kier alpha value is -2.05. The molecule has 0 saturated heterocycles. The molecule has 94 valence electrons. The van der Waals surface area contributed by atoms with Gasteiger partial charge < -0.3 is 20.8 Å². The van der Waals surface area contributed by atoms with Crippen molar-refractivity contribution in [2.24, 2.45) is 11.7 Å². The number of hydrogen-bond donors (Lipinski definition) is 3. The van der Waals surface area contributed by atoms with E-state index in [9.17, 15) is 9.59 Å². The SMILES string of the molecule is COc1c(NC(C(N)=O)C(C)C)nc[nH]c1=O. The molecule has 1 rings (SSSR count). The fourth-order valence-corrected chi connectivity index (χ4v) is 1.39. The van der Waals surface area contributed by atoms with Gasteiger partial charge in [0.25, 0.3) is 5.56 Å². The molecule has 4 N–H and O–H groups in total. The number of anilines is 1. The third-order valence-electron chi connectivity index (χ3n) is 2.28. The number of primary amides is 1. The van der Waals surface area contributed by atoms with Gasteiger partial charge in [-0.15, -0.1) is 0 Å². The van der Waals surface area contributed by atoms with Gasteiger partial charge in [-0.3, -0.25) is 9.59 Å². The molecule has 17 heavy (non-hydrogen) atoms. The lowest BCUT2D eigenvalue weighted by Crippen LogP contribution is -2.40. The smallest absolute Gasteiger partial charge is 0.295 e. The number of nitrogens with one attached hydrogen (secondary N) is 2. The van der Waals surface area contributed by atoms with Crippen LogP contribution in [-0.4, -0.2) is 29.0 Å². The first-order valence-electron chi connectivity index (χ1n) is 5.15. The molecule has 7 nitrogen and oxygen atoms in total. The molecule has 7 heteroatoms. The van der Waals surface area contributed by atoms with E-state index in [0.29, 0.717) is 0 Å². The Balaban J connectivity index is 3.05. The van der Waals surface area contributed by atoms with Gasteiger partial charge in [-0.1, -0.05) is 13.8 Å². The molecular weight excluding hydrogens is 224 g/mol. The summed E-state index contributed by atoms with van der Waals surface area (Å²) in [6, 6.07) is -0.613. The highest BCUT2D eigenvalue weighted by Crippen LogP contribution is 2.17. The molecule has 0 spiro atoms. The molecule has 0 aromatic carbocycles. The molecule has 1 aromatic heterocycles. The first kappa shape index (κ1) is 13.0. The maximum Gasteiger partial charge on any atom is 0.295 e.